The molecule has 2 unspecified atom stereocenters. The van der Waals surface area contributed by atoms with Gasteiger partial charge in [0.25, 0.3) is 0 Å². The summed E-state index contributed by atoms with van der Waals surface area (Å²) in [5.41, 5.74) is 0.0269. The van der Waals surface area contributed by atoms with Crippen LogP contribution < -0.4 is 5.32 Å². The van der Waals surface area contributed by atoms with Crippen LogP contribution in [0, 0.1) is 11.8 Å². The molecule has 0 aromatic rings. The summed E-state index contributed by atoms with van der Waals surface area (Å²) in [5, 5.41) is 13.7. The van der Waals surface area contributed by atoms with E-state index in [-0.39, 0.29) is 5.54 Å². The second kappa shape index (κ2) is 5.71. The summed E-state index contributed by atoms with van der Waals surface area (Å²) in [6.45, 7) is 4.99. The molecule has 2 fully saturated rings. The highest BCUT2D eigenvalue weighted by molar-refractivity contribution is 4.96. The van der Waals surface area contributed by atoms with Crippen LogP contribution in [0.3, 0.4) is 0 Å². The maximum atomic E-state index is 9.85. The highest BCUT2D eigenvalue weighted by Gasteiger charge is 2.38. The summed E-state index contributed by atoms with van der Waals surface area (Å²) in [6, 6.07) is 0.661. The summed E-state index contributed by atoms with van der Waals surface area (Å²) < 4.78 is 0. The highest BCUT2D eigenvalue weighted by Crippen LogP contribution is 2.37. The van der Waals surface area contributed by atoms with Crippen LogP contribution in [0.1, 0.15) is 65.2 Å². The number of aliphatic hydroxyl groups is 1. The van der Waals surface area contributed by atoms with E-state index in [2.05, 4.69) is 19.2 Å². The highest BCUT2D eigenvalue weighted by atomic mass is 16.3. The van der Waals surface area contributed by atoms with Gasteiger partial charge < -0.3 is 10.4 Å². The Morgan fingerprint density at radius 3 is 2.18 bits per heavy atom. The molecule has 100 valence electrons. The Hall–Kier alpha value is -0.0800. The van der Waals surface area contributed by atoms with E-state index in [1.807, 2.05) is 0 Å². The Labute approximate surface area is 106 Å². The first kappa shape index (κ1) is 13.4. The summed E-state index contributed by atoms with van der Waals surface area (Å²) in [4.78, 5) is 0. The molecule has 2 aliphatic rings. The molecular formula is C15H29NO. The lowest BCUT2D eigenvalue weighted by Crippen LogP contribution is -2.57. The van der Waals surface area contributed by atoms with Crippen LogP contribution in [-0.2, 0) is 0 Å². The molecule has 0 radical (unpaired) electrons. The largest absolute Gasteiger partial charge is 0.394 e. The molecule has 2 N–H and O–H groups in total. The van der Waals surface area contributed by atoms with Crippen LogP contribution in [0.25, 0.3) is 0 Å². The average molecular weight is 239 g/mol. The first-order valence-corrected chi connectivity index (χ1v) is 7.52. The molecule has 2 rings (SSSR count). The molecule has 0 aromatic carbocycles. The molecule has 2 aliphatic carbocycles. The van der Waals surface area contributed by atoms with Gasteiger partial charge in [-0.05, 0) is 43.9 Å². The third-order valence-corrected chi connectivity index (χ3v) is 4.70. The normalized spacial score (nSPS) is 40.4. The van der Waals surface area contributed by atoms with Crippen molar-refractivity contribution in [3.05, 3.63) is 0 Å². The summed E-state index contributed by atoms with van der Waals surface area (Å²) in [5.74, 6) is 1.50. The number of nitrogens with one attached hydrogen (secondary N) is 1. The predicted octanol–water partition coefficient (Wildman–Crippen LogP) is 3.10. The Bertz CT molecular complexity index is 225. The summed E-state index contributed by atoms with van der Waals surface area (Å²) in [7, 11) is 0. The van der Waals surface area contributed by atoms with Crippen molar-refractivity contribution in [3.63, 3.8) is 0 Å². The predicted molar refractivity (Wildman–Crippen MR) is 72.0 cm³/mol. The first-order valence-electron chi connectivity index (χ1n) is 7.52. The van der Waals surface area contributed by atoms with Gasteiger partial charge in [0.1, 0.15) is 0 Å². The van der Waals surface area contributed by atoms with E-state index >= 15 is 0 Å². The lowest BCUT2D eigenvalue weighted by atomic mass is 9.71. The van der Waals surface area contributed by atoms with Crippen LogP contribution in [0.15, 0.2) is 0 Å². The van der Waals surface area contributed by atoms with Crippen LogP contribution in [0.2, 0.25) is 0 Å². The molecule has 0 aliphatic heterocycles. The van der Waals surface area contributed by atoms with Crippen LogP contribution in [0.5, 0.6) is 0 Å². The monoisotopic (exact) mass is 239 g/mol. The van der Waals surface area contributed by atoms with Crippen molar-refractivity contribution in [1.82, 2.24) is 5.32 Å². The Balaban J connectivity index is 1.97. The lowest BCUT2D eigenvalue weighted by molar-refractivity contribution is 0.0608. The minimum absolute atomic E-state index is 0.0269. The summed E-state index contributed by atoms with van der Waals surface area (Å²) >= 11 is 0. The molecule has 2 atom stereocenters. The first-order chi connectivity index (χ1) is 8.13. The maximum absolute atomic E-state index is 9.85. The van der Waals surface area contributed by atoms with Crippen LogP contribution in [-0.4, -0.2) is 23.3 Å². The van der Waals surface area contributed by atoms with Crippen molar-refractivity contribution in [3.8, 4) is 0 Å². The van der Waals surface area contributed by atoms with Crippen LogP contribution >= 0.6 is 0 Å². The molecule has 2 saturated carbocycles. The smallest absolute Gasteiger partial charge is 0.0613 e. The molecule has 0 bridgehead atoms. The van der Waals surface area contributed by atoms with Crippen molar-refractivity contribution < 1.29 is 5.11 Å². The second-order valence-electron chi connectivity index (χ2n) is 6.77. The number of rotatable bonds is 3. The fourth-order valence-corrected chi connectivity index (χ4v) is 4.24. The van der Waals surface area contributed by atoms with Gasteiger partial charge in [0, 0.05) is 11.6 Å². The standard InChI is InChI=1S/C15H29NO/c1-12-8-13(2)10-15(9-12,11-17)16-14-6-4-3-5-7-14/h12-14,16-17H,3-11H2,1-2H3. The Morgan fingerprint density at radius 1 is 1.06 bits per heavy atom. The van der Waals surface area contributed by atoms with E-state index in [4.69, 9.17) is 0 Å². The Morgan fingerprint density at radius 2 is 1.65 bits per heavy atom. The maximum Gasteiger partial charge on any atom is 0.0613 e. The molecular weight excluding hydrogens is 210 g/mol. The van der Waals surface area contributed by atoms with Gasteiger partial charge in [0.2, 0.25) is 0 Å². The molecule has 2 heteroatoms. The van der Waals surface area contributed by atoms with E-state index in [1.165, 1.54) is 38.5 Å². The zero-order chi connectivity index (χ0) is 12.3. The molecule has 0 aromatic heterocycles. The van der Waals surface area contributed by atoms with E-state index in [9.17, 15) is 5.11 Å². The van der Waals surface area contributed by atoms with E-state index in [0.29, 0.717) is 12.6 Å². The molecule has 0 heterocycles. The number of hydrogen-bond acceptors (Lipinski definition) is 2. The number of hydrogen-bond donors (Lipinski definition) is 2. The average Bonchev–Trinajstić information content (AvgIpc) is 2.29. The molecule has 0 spiro atoms. The van der Waals surface area contributed by atoms with Crippen molar-refractivity contribution in [1.29, 1.82) is 0 Å². The second-order valence-corrected chi connectivity index (χ2v) is 6.77. The summed E-state index contributed by atoms with van der Waals surface area (Å²) in [6.07, 6.45) is 10.4. The SMILES string of the molecule is CC1CC(C)CC(CO)(NC2CCCCC2)C1. The Kier molecular flexibility index (Phi) is 4.48. The molecule has 17 heavy (non-hydrogen) atoms. The van der Waals surface area contributed by atoms with Gasteiger partial charge in [0.15, 0.2) is 0 Å². The van der Waals surface area contributed by atoms with Gasteiger partial charge in [-0.2, -0.15) is 0 Å². The van der Waals surface area contributed by atoms with Gasteiger partial charge in [-0.15, -0.1) is 0 Å². The van der Waals surface area contributed by atoms with E-state index in [1.54, 1.807) is 0 Å². The van der Waals surface area contributed by atoms with Gasteiger partial charge in [-0.1, -0.05) is 33.1 Å². The van der Waals surface area contributed by atoms with Gasteiger partial charge in [-0.3, -0.25) is 0 Å². The third kappa shape index (κ3) is 3.45. The van der Waals surface area contributed by atoms with Crippen molar-refractivity contribution in [2.24, 2.45) is 11.8 Å². The van der Waals surface area contributed by atoms with Crippen molar-refractivity contribution in [2.75, 3.05) is 6.61 Å². The lowest BCUT2D eigenvalue weighted by Gasteiger charge is -2.45. The van der Waals surface area contributed by atoms with E-state index < -0.39 is 0 Å². The minimum atomic E-state index is 0.0269. The minimum Gasteiger partial charge on any atom is -0.394 e. The van der Waals surface area contributed by atoms with Crippen molar-refractivity contribution >= 4 is 0 Å². The fraction of sp³-hybridized carbons (Fsp3) is 1.00. The quantitative estimate of drug-likeness (QED) is 0.793. The molecule has 0 amide bonds. The van der Waals surface area contributed by atoms with Crippen LogP contribution in [0.4, 0.5) is 0 Å². The topological polar surface area (TPSA) is 32.3 Å². The number of aliphatic hydroxyl groups excluding tert-OH is 1. The fourth-order valence-electron chi connectivity index (χ4n) is 4.24. The zero-order valence-electron chi connectivity index (χ0n) is 11.5. The molecule has 0 saturated heterocycles. The third-order valence-electron chi connectivity index (χ3n) is 4.70. The van der Waals surface area contributed by atoms with Crippen molar-refractivity contribution in [2.45, 2.75) is 76.8 Å². The van der Waals surface area contributed by atoms with Gasteiger partial charge >= 0.3 is 0 Å². The molecule has 2 nitrogen and oxygen atoms in total. The van der Waals surface area contributed by atoms with Gasteiger partial charge in [-0.25, -0.2) is 0 Å². The zero-order valence-corrected chi connectivity index (χ0v) is 11.5. The van der Waals surface area contributed by atoms with E-state index in [0.717, 1.165) is 24.7 Å². The van der Waals surface area contributed by atoms with Gasteiger partial charge in [0.05, 0.1) is 6.61 Å².